The van der Waals surface area contributed by atoms with Gasteiger partial charge in [-0.3, -0.25) is 9.69 Å². The van der Waals surface area contributed by atoms with Crippen LogP contribution in [0.15, 0.2) is 53.4 Å². The third-order valence-electron chi connectivity index (χ3n) is 6.54. The molecule has 0 unspecified atom stereocenters. The highest BCUT2D eigenvalue weighted by molar-refractivity contribution is 7.89. The fraction of sp³-hybridized carbons (Fsp3) is 0.500. The van der Waals surface area contributed by atoms with Gasteiger partial charge in [-0.25, -0.2) is 8.42 Å². The molecule has 34 heavy (non-hydrogen) atoms. The van der Waals surface area contributed by atoms with Crippen LogP contribution in [-0.2, 0) is 39.1 Å². The lowest BCUT2D eigenvalue weighted by atomic mass is 10.1. The molecule has 2 saturated heterocycles. The Morgan fingerprint density at radius 3 is 2.12 bits per heavy atom. The summed E-state index contributed by atoms with van der Waals surface area (Å²) in [6.45, 7) is 5.49. The highest BCUT2D eigenvalue weighted by Crippen LogP contribution is 2.18. The van der Waals surface area contributed by atoms with Crippen molar-refractivity contribution in [1.82, 2.24) is 14.5 Å². The number of nitrogens with zero attached hydrogens (tertiary/aromatic N) is 2. The summed E-state index contributed by atoms with van der Waals surface area (Å²) in [4.78, 5) is 15.1. The van der Waals surface area contributed by atoms with Gasteiger partial charge in [-0.05, 0) is 61.2 Å². The van der Waals surface area contributed by atoms with Crippen molar-refractivity contribution in [3.05, 3.63) is 65.2 Å². The number of morpholine rings is 1. The molecule has 1 amide bonds. The summed E-state index contributed by atoms with van der Waals surface area (Å²) in [5.41, 5.74) is 3.35. The number of carbonyl (C=O) groups excluding carboxylic acids is 1. The number of nitrogens with one attached hydrogen (secondary N) is 1. The number of carbonyl (C=O) groups is 1. The van der Waals surface area contributed by atoms with Crippen molar-refractivity contribution in [1.29, 1.82) is 0 Å². The van der Waals surface area contributed by atoms with Crippen LogP contribution in [0.25, 0.3) is 0 Å². The molecule has 2 aliphatic rings. The van der Waals surface area contributed by atoms with E-state index in [0.717, 1.165) is 17.7 Å². The van der Waals surface area contributed by atoms with E-state index in [2.05, 4.69) is 34.5 Å². The SMILES string of the molecule is O=C(CCc1ccc(S(=O)(=O)N2CCOCC2)cc1)NCc1ccc(CN2CCCCC2)cc1. The number of benzene rings is 2. The van der Waals surface area contributed by atoms with Crippen molar-refractivity contribution in [3.63, 3.8) is 0 Å². The molecule has 4 rings (SSSR count). The quantitative estimate of drug-likeness (QED) is 0.591. The Balaban J connectivity index is 1.20. The van der Waals surface area contributed by atoms with E-state index in [0.29, 0.717) is 45.7 Å². The maximum absolute atomic E-state index is 12.7. The molecule has 184 valence electrons. The zero-order valence-corrected chi connectivity index (χ0v) is 20.6. The smallest absolute Gasteiger partial charge is 0.243 e. The van der Waals surface area contributed by atoms with Crippen LogP contribution in [0.5, 0.6) is 0 Å². The van der Waals surface area contributed by atoms with Gasteiger partial charge in [0.1, 0.15) is 0 Å². The van der Waals surface area contributed by atoms with Gasteiger partial charge in [0.2, 0.25) is 15.9 Å². The normalized spacial score (nSPS) is 18.0. The number of rotatable bonds is 9. The monoisotopic (exact) mass is 485 g/mol. The Kier molecular flexibility index (Phi) is 8.72. The summed E-state index contributed by atoms with van der Waals surface area (Å²) >= 11 is 0. The van der Waals surface area contributed by atoms with Gasteiger partial charge in [-0.1, -0.05) is 42.8 Å². The number of sulfonamides is 1. The molecule has 1 N–H and O–H groups in total. The number of likely N-dealkylation sites (tertiary alicyclic amines) is 1. The van der Waals surface area contributed by atoms with Crippen LogP contribution in [0, 0.1) is 0 Å². The van der Waals surface area contributed by atoms with E-state index in [1.54, 1.807) is 24.3 Å². The fourth-order valence-electron chi connectivity index (χ4n) is 4.45. The lowest BCUT2D eigenvalue weighted by molar-refractivity contribution is -0.121. The van der Waals surface area contributed by atoms with Gasteiger partial charge in [-0.2, -0.15) is 4.31 Å². The molecule has 7 nitrogen and oxygen atoms in total. The average Bonchev–Trinajstić information content (AvgIpc) is 2.88. The van der Waals surface area contributed by atoms with E-state index in [1.807, 2.05) is 0 Å². The van der Waals surface area contributed by atoms with E-state index in [4.69, 9.17) is 4.74 Å². The molecule has 2 heterocycles. The summed E-state index contributed by atoms with van der Waals surface area (Å²) in [5, 5.41) is 2.98. The minimum atomic E-state index is -3.49. The van der Waals surface area contributed by atoms with Gasteiger partial charge < -0.3 is 10.1 Å². The molecule has 0 spiro atoms. The number of aryl methyl sites for hydroxylation is 1. The van der Waals surface area contributed by atoms with Crippen LogP contribution in [0.1, 0.15) is 42.4 Å². The van der Waals surface area contributed by atoms with Crippen molar-refractivity contribution in [2.24, 2.45) is 0 Å². The second-order valence-corrected chi connectivity index (χ2v) is 11.0. The molecule has 0 bridgehead atoms. The largest absolute Gasteiger partial charge is 0.379 e. The van der Waals surface area contributed by atoms with Crippen LogP contribution in [-0.4, -0.2) is 62.9 Å². The van der Waals surface area contributed by atoms with E-state index in [9.17, 15) is 13.2 Å². The number of hydrogen-bond donors (Lipinski definition) is 1. The highest BCUT2D eigenvalue weighted by Gasteiger charge is 2.26. The Bertz CT molecular complexity index is 1030. The van der Waals surface area contributed by atoms with Crippen LogP contribution in [0.4, 0.5) is 0 Å². The van der Waals surface area contributed by atoms with Crippen molar-refractivity contribution in [3.8, 4) is 0 Å². The minimum Gasteiger partial charge on any atom is -0.379 e. The standard InChI is InChI=1S/C26H35N3O4S/c30-26(27-20-23-4-6-24(7-5-23)21-28-14-2-1-3-15-28)13-10-22-8-11-25(12-9-22)34(31,32)29-16-18-33-19-17-29/h4-9,11-12H,1-3,10,13-21H2,(H,27,30). The number of hydrogen-bond acceptors (Lipinski definition) is 5. The second-order valence-electron chi connectivity index (χ2n) is 9.09. The minimum absolute atomic E-state index is 0.0117. The number of ether oxygens (including phenoxy) is 1. The zero-order valence-electron chi connectivity index (χ0n) is 19.7. The predicted octanol–water partition coefficient (Wildman–Crippen LogP) is 2.94. The summed E-state index contributed by atoms with van der Waals surface area (Å²) < 4.78 is 32.1. The molecule has 2 aromatic carbocycles. The van der Waals surface area contributed by atoms with Crippen molar-refractivity contribution in [2.75, 3.05) is 39.4 Å². The van der Waals surface area contributed by atoms with Crippen LogP contribution in [0.2, 0.25) is 0 Å². The van der Waals surface area contributed by atoms with Crippen LogP contribution < -0.4 is 5.32 Å². The maximum Gasteiger partial charge on any atom is 0.243 e. The van der Waals surface area contributed by atoms with Gasteiger partial charge in [0.15, 0.2) is 0 Å². The fourth-order valence-corrected chi connectivity index (χ4v) is 5.86. The topological polar surface area (TPSA) is 79.0 Å². The van der Waals surface area contributed by atoms with Gasteiger partial charge in [-0.15, -0.1) is 0 Å². The van der Waals surface area contributed by atoms with Gasteiger partial charge in [0.25, 0.3) is 0 Å². The maximum atomic E-state index is 12.7. The lowest BCUT2D eigenvalue weighted by Gasteiger charge is -2.26. The first kappa shape index (κ1) is 24.9. The molecule has 0 radical (unpaired) electrons. The van der Waals surface area contributed by atoms with E-state index >= 15 is 0 Å². The van der Waals surface area contributed by atoms with Crippen LogP contribution in [0.3, 0.4) is 0 Å². The summed E-state index contributed by atoms with van der Waals surface area (Å²) in [6.07, 6.45) is 4.86. The molecule has 2 aromatic rings. The highest BCUT2D eigenvalue weighted by atomic mass is 32.2. The Morgan fingerprint density at radius 1 is 0.824 bits per heavy atom. The average molecular weight is 486 g/mol. The van der Waals surface area contributed by atoms with E-state index in [-0.39, 0.29) is 10.8 Å². The van der Waals surface area contributed by atoms with Crippen molar-refractivity contribution >= 4 is 15.9 Å². The third kappa shape index (κ3) is 6.88. The van der Waals surface area contributed by atoms with Crippen LogP contribution >= 0.6 is 0 Å². The summed E-state index contributed by atoms with van der Waals surface area (Å²) in [6, 6.07) is 15.3. The molecule has 8 heteroatoms. The molecule has 0 aliphatic carbocycles. The molecule has 0 saturated carbocycles. The first-order valence-electron chi connectivity index (χ1n) is 12.2. The van der Waals surface area contributed by atoms with Gasteiger partial charge >= 0.3 is 0 Å². The first-order chi connectivity index (χ1) is 16.5. The molecule has 0 atom stereocenters. The number of piperidine rings is 1. The zero-order chi connectivity index (χ0) is 23.8. The van der Waals surface area contributed by atoms with E-state index < -0.39 is 10.0 Å². The lowest BCUT2D eigenvalue weighted by Crippen LogP contribution is -2.40. The second kappa shape index (κ2) is 11.9. The number of amides is 1. The first-order valence-corrected chi connectivity index (χ1v) is 13.7. The Labute approximate surface area is 203 Å². The summed E-state index contributed by atoms with van der Waals surface area (Å²) in [7, 11) is -3.49. The van der Waals surface area contributed by atoms with Gasteiger partial charge in [0.05, 0.1) is 18.1 Å². The Morgan fingerprint density at radius 2 is 1.44 bits per heavy atom. The molecule has 0 aromatic heterocycles. The summed E-state index contributed by atoms with van der Waals surface area (Å²) in [5.74, 6) is -0.0117. The van der Waals surface area contributed by atoms with Crippen molar-refractivity contribution in [2.45, 2.75) is 50.1 Å². The molecular formula is C26H35N3O4S. The predicted molar refractivity (Wildman–Crippen MR) is 132 cm³/mol. The Hall–Kier alpha value is -2.26. The van der Waals surface area contributed by atoms with Gasteiger partial charge in [0, 0.05) is 32.6 Å². The van der Waals surface area contributed by atoms with Crippen molar-refractivity contribution < 1.29 is 17.9 Å². The molecule has 2 aliphatic heterocycles. The molecule has 2 fully saturated rings. The third-order valence-corrected chi connectivity index (χ3v) is 8.45. The van der Waals surface area contributed by atoms with E-state index in [1.165, 1.54) is 42.2 Å². The molecular weight excluding hydrogens is 450 g/mol.